The van der Waals surface area contributed by atoms with Crippen molar-refractivity contribution < 1.29 is 4.39 Å². The third kappa shape index (κ3) is 2.67. The fourth-order valence-corrected chi connectivity index (χ4v) is 3.35. The Balaban J connectivity index is 2.09. The van der Waals surface area contributed by atoms with Crippen molar-refractivity contribution in [2.75, 3.05) is 13.6 Å². The fraction of sp³-hybridized carbons (Fsp3) is 0.562. The molecule has 0 saturated carbocycles. The van der Waals surface area contributed by atoms with E-state index in [-0.39, 0.29) is 11.2 Å². The molecule has 3 nitrogen and oxygen atoms in total. The van der Waals surface area contributed by atoms with Gasteiger partial charge in [-0.3, -0.25) is 0 Å². The fourth-order valence-electron chi connectivity index (χ4n) is 3.18. The van der Waals surface area contributed by atoms with E-state index in [1.54, 1.807) is 6.92 Å². The zero-order valence-corrected chi connectivity index (χ0v) is 13.5. The second kappa shape index (κ2) is 5.58. The van der Waals surface area contributed by atoms with E-state index in [2.05, 4.69) is 21.5 Å². The van der Waals surface area contributed by atoms with E-state index in [9.17, 15) is 4.39 Å². The highest BCUT2D eigenvalue weighted by Gasteiger charge is 2.24. The molecule has 0 amide bonds. The molecule has 1 aliphatic heterocycles. The zero-order valence-electron chi connectivity index (χ0n) is 12.7. The maximum absolute atomic E-state index is 13.8. The molecule has 0 spiro atoms. The Hall–Kier alpha value is -1.13. The first-order chi connectivity index (χ1) is 9.97. The Kier molecular flexibility index (Phi) is 3.93. The van der Waals surface area contributed by atoms with Crippen LogP contribution in [0.3, 0.4) is 0 Å². The number of likely N-dealkylation sites (N-methyl/N-ethyl adjacent to an activating group) is 1. The van der Waals surface area contributed by atoms with Crippen molar-refractivity contribution >= 4 is 22.6 Å². The molecule has 1 fully saturated rings. The Morgan fingerprint density at radius 1 is 1.48 bits per heavy atom. The van der Waals surface area contributed by atoms with Crippen LogP contribution in [0.2, 0.25) is 0 Å². The second-order valence-corrected chi connectivity index (χ2v) is 6.72. The number of hydrogen-bond acceptors (Lipinski definition) is 2. The summed E-state index contributed by atoms with van der Waals surface area (Å²) in [4.78, 5) is 6.93. The van der Waals surface area contributed by atoms with Crippen LogP contribution < -0.4 is 0 Å². The summed E-state index contributed by atoms with van der Waals surface area (Å²) < 4.78 is 15.9. The summed E-state index contributed by atoms with van der Waals surface area (Å²) >= 11 is 6.29. The van der Waals surface area contributed by atoms with Crippen LogP contribution in [0.5, 0.6) is 0 Å². The quantitative estimate of drug-likeness (QED) is 0.802. The van der Waals surface area contributed by atoms with Gasteiger partial charge in [0.05, 0.1) is 16.4 Å². The number of likely N-dealkylation sites (tertiary alicyclic amines) is 1. The van der Waals surface area contributed by atoms with E-state index in [1.807, 2.05) is 13.0 Å². The standard InChI is InChI=1S/C16H21ClFN3/c1-10-7-15-14(8-13(10)18)19-16(11(2)17)21(15)9-12-5-4-6-20(12)3/h7-8,11-12H,4-6,9H2,1-3H3. The number of hydrogen-bond donors (Lipinski definition) is 0. The first-order valence-electron chi connectivity index (χ1n) is 7.48. The summed E-state index contributed by atoms with van der Waals surface area (Å²) in [6.45, 7) is 5.71. The number of aryl methyl sites for hydroxylation is 1. The number of aromatic nitrogens is 2. The van der Waals surface area contributed by atoms with Crippen molar-refractivity contribution in [3.8, 4) is 0 Å². The first-order valence-corrected chi connectivity index (χ1v) is 7.91. The summed E-state index contributed by atoms with van der Waals surface area (Å²) in [5.41, 5.74) is 2.33. The Morgan fingerprint density at radius 3 is 2.86 bits per heavy atom. The largest absolute Gasteiger partial charge is 0.325 e. The molecule has 114 valence electrons. The molecule has 0 radical (unpaired) electrons. The molecule has 1 aromatic heterocycles. The molecule has 1 aliphatic rings. The van der Waals surface area contributed by atoms with Gasteiger partial charge in [0.2, 0.25) is 0 Å². The highest BCUT2D eigenvalue weighted by atomic mass is 35.5. The summed E-state index contributed by atoms with van der Waals surface area (Å²) in [5, 5.41) is -0.188. The van der Waals surface area contributed by atoms with Crippen LogP contribution in [-0.4, -0.2) is 34.1 Å². The number of alkyl halides is 1. The summed E-state index contributed by atoms with van der Waals surface area (Å²) in [5.74, 6) is 0.621. The molecule has 3 rings (SSSR count). The topological polar surface area (TPSA) is 21.1 Å². The second-order valence-electron chi connectivity index (χ2n) is 6.06. The van der Waals surface area contributed by atoms with Crippen LogP contribution in [0.1, 0.15) is 36.5 Å². The number of fused-ring (bicyclic) bond motifs is 1. The first kappa shape index (κ1) is 14.8. The number of halogens is 2. The third-order valence-corrected chi connectivity index (χ3v) is 4.67. The minimum atomic E-state index is -0.209. The van der Waals surface area contributed by atoms with Crippen molar-refractivity contribution in [2.24, 2.45) is 0 Å². The molecule has 2 aromatic rings. The summed E-state index contributed by atoms with van der Waals surface area (Å²) in [7, 11) is 2.16. The molecule has 2 heterocycles. The van der Waals surface area contributed by atoms with E-state index < -0.39 is 0 Å². The minimum absolute atomic E-state index is 0.188. The SMILES string of the molecule is Cc1cc2c(cc1F)nc(C(C)Cl)n2CC1CCCN1C. The molecule has 1 aromatic carbocycles. The summed E-state index contributed by atoms with van der Waals surface area (Å²) in [6.07, 6.45) is 2.42. The Labute approximate surface area is 129 Å². The van der Waals surface area contributed by atoms with E-state index in [4.69, 9.17) is 11.6 Å². The Bertz CT molecular complexity index is 665. The van der Waals surface area contributed by atoms with Crippen molar-refractivity contribution in [1.82, 2.24) is 14.5 Å². The third-order valence-electron chi connectivity index (χ3n) is 4.48. The highest BCUT2D eigenvalue weighted by molar-refractivity contribution is 6.20. The highest BCUT2D eigenvalue weighted by Crippen LogP contribution is 2.28. The lowest BCUT2D eigenvalue weighted by Crippen LogP contribution is -2.30. The van der Waals surface area contributed by atoms with Crippen molar-refractivity contribution in [3.63, 3.8) is 0 Å². The van der Waals surface area contributed by atoms with Gasteiger partial charge in [-0.25, -0.2) is 9.37 Å². The predicted octanol–water partition coefficient (Wildman–Crippen LogP) is 3.88. The maximum Gasteiger partial charge on any atom is 0.128 e. The average Bonchev–Trinajstić information content (AvgIpc) is 2.97. The number of imidazole rings is 1. The van der Waals surface area contributed by atoms with Gasteiger partial charge in [0, 0.05) is 18.7 Å². The molecular weight excluding hydrogens is 289 g/mol. The maximum atomic E-state index is 13.8. The van der Waals surface area contributed by atoms with Gasteiger partial charge in [-0.05, 0) is 51.9 Å². The molecule has 2 unspecified atom stereocenters. The smallest absolute Gasteiger partial charge is 0.128 e. The molecule has 0 N–H and O–H groups in total. The van der Waals surface area contributed by atoms with Crippen molar-refractivity contribution in [2.45, 2.75) is 44.7 Å². The van der Waals surface area contributed by atoms with Crippen LogP contribution in [0.25, 0.3) is 11.0 Å². The molecule has 1 saturated heterocycles. The molecule has 21 heavy (non-hydrogen) atoms. The van der Waals surface area contributed by atoms with E-state index in [0.717, 1.165) is 24.4 Å². The normalized spacial score (nSPS) is 21.3. The molecule has 0 aliphatic carbocycles. The molecular formula is C16H21ClFN3. The van der Waals surface area contributed by atoms with E-state index >= 15 is 0 Å². The number of rotatable bonds is 3. The van der Waals surface area contributed by atoms with Crippen LogP contribution in [0, 0.1) is 12.7 Å². The zero-order chi connectivity index (χ0) is 15.1. The minimum Gasteiger partial charge on any atom is -0.325 e. The van der Waals surface area contributed by atoms with Crippen LogP contribution in [-0.2, 0) is 6.54 Å². The van der Waals surface area contributed by atoms with Gasteiger partial charge in [0.15, 0.2) is 0 Å². The molecule has 0 bridgehead atoms. The van der Waals surface area contributed by atoms with Gasteiger partial charge < -0.3 is 9.47 Å². The predicted molar refractivity (Wildman–Crippen MR) is 84.3 cm³/mol. The van der Waals surface area contributed by atoms with Gasteiger partial charge >= 0.3 is 0 Å². The van der Waals surface area contributed by atoms with Gasteiger partial charge in [0.25, 0.3) is 0 Å². The lowest BCUT2D eigenvalue weighted by Gasteiger charge is -2.22. The van der Waals surface area contributed by atoms with Crippen molar-refractivity contribution in [3.05, 3.63) is 29.3 Å². The lowest BCUT2D eigenvalue weighted by molar-refractivity contribution is 0.282. The molecule has 5 heteroatoms. The monoisotopic (exact) mass is 309 g/mol. The molecule has 2 atom stereocenters. The summed E-state index contributed by atoms with van der Waals surface area (Å²) in [6, 6.07) is 3.90. The Morgan fingerprint density at radius 2 is 2.24 bits per heavy atom. The van der Waals surface area contributed by atoms with Gasteiger partial charge in [-0.15, -0.1) is 11.6 Å². The van der Waals surface area contributed by atoms with Gasteiger partial charge in [-0.2, -0.15) is 0 Å². The van der Waals surface area contributed by atoms with Crippen LogP contribution in [0.15, 0.2) is 12.1 Å². The van der Waals surface area contributed by atoms with Crippen LogP contribution in [0.4, 0.5) is 4.39 Å². The van der Waals surface area contributed by atoms with Gasteiger partial charge in [-0.1, -0.05) is 0 Å². The van der Waals surface area contributed by atoms with Crippen LogP contribution >= 0.6 is 11.6 Å². The van der Waals surface area contributed by atoms with E-state index in [1.165, 1.54) is 18.9 Å². The number of benzene rings is 1. The van der Waals surface area contributed by atoms with Crippen molar-refractivity contribution in [1.29, 1.82) is 0 Å². The number of nitrogens with zero attached hydrogens (tertiary/aromatic N) is 3. The van der Waals surface area contributed by atoms with Gasteiger partial charge in [0.1, 0.15) is 11.6 Å². The van der Waals surface area contributed by atoms with E-state index in [0.29, 0.717) is 17.1 Å². The average molecular weight is 310 g/mol. The lowest BCUT2D eigenvalue weighted by atomic mass is 10.2.